The highest BCUT2D eigenvalue weighted by molar-refractivity contribution is 8.13. The van der Waals surface area contributed by atoms with E-state index in [0.29, 0.717) is 5.92 Å². The van der Waals surface area contributed by atoms with Gasteiger partial charge in [-0.1, -0.05) is 11.8 Å². The van der Waals surface area contributed by atoms with E-state index in [9.17, 15) is 0 Å². The van der Waals surface area contributed by atoms with E-state index in [1.807, 2.05) is 12.4 Å². The fourth-order valence-electron chi connectivity index (χ4n) is 1.79. The van der Waals surface area contributed by atoms with Gasteiger partial charge in [0.15, 0.2) is 5.17 Å². The van der Waals surface area contributed by atoms with E-state index >= 15 is 0 Å². The van der Waals surface area contributed by atoms with Crippen molar-refractivity contribution < 1.29 is 5.11 Å². The van der Waals surface area contributed by atoms with Crippen LogP contribution in [0.3, 0.4) is 0 Å². The predicted molar refractivity (Wildman–Crippen MR) is 57.9 cm³/mol. The molecule has 1 saturated heterocycles. The van der Waals surface area contributed by atoms with E-state index in [4.69, 9.17) is 10.4 Å². The number of aliphatic hydroxyl groups excluding tert-OH is 1. The summed E-state index contributed by atoms with van der Waals surface area (Å²) in [5.74, 6) is 0.311. The molecule has 0 radical (unpaired) electrons. The first kappa shape index (κ1) is 11.3. The lowest BCUT2D eigenvalue weighted by molar-refractivity contribution is 0.204. The van der Waals surface area contributed by atoms with Crippen LogP contribution in [0.4, 0.5) is 0 Å². The zero-order valence-electron chi connectivity index (χ0n) is 8.47. The van der Waals surface area contributed by atoms with Gasteiger partial charge in [-0.05, 0) is 19.6 Å². The Kier molecular flexibility index (Phi) is 4.23. The molecule has 1 aliphatic heterocycles. The summed E-state index contributed by atoms with van der Waals surface area (Å²) in [7, 11) is 0. The molecule has 0 aromatic carbocycles. The second-order valence-corrected chi connectivity index (χ2v) is 4.14. The van der Waals surface area contributed by atoms with Crippen LogP contribution in [0.2, 0.25) is 0 Å². The molecule has 78 valence electrons. The summed E-state index contributed by atoms with van der Waals surface area (Å²) in [6.45, 7) is 3.16. The lowest BCUT2D eigenvalue weighted by atomic mass is 10.0. The molecule has 0 aromatic heterocycles. The Hall–Kier alpha value is -0.730. The Labute approximate surface area is 88.6 Å². The van der Waals surface area contributed by atoms with Crippen LogP contribution < -0.4 is 0 Å². The largest absolute Gasteiger partial charge is 0.396 e. The molecule has 0 saturated carbocycles. The molecule has 1 fully saturated rings. The summed E-state index contributed by atoms with van der Waals surface area (Å²) in [6.07, 6.45) is 4.70. The molecule has 2 atom stereocenters. The summed E-state index contributed by atoms with van der Waals surface area (Å²) in [4.78, 5) is 5.87. The number of rotatable bonds is 1. The number of aliphatic imine (C=N–C) groups is 1. The molecule has 0 amide bonds. The van der Waals surface area contributed by atoms with Crippen LogP contribution >= 0.6 is 11.8 Å². The minimum absolute atomic E-state index is 0.214. The lowest BCUT2D eigenvalue weighted by Crippen LogP contribution is -2.34. The molecule has 2 unspecified atom stereocenters. The second-order valence-electron chi connectivity index (χ2n) is 3.36. The lowest BCUT2D eigenvalue weighted by Gasteiger charge is -2.25. The van der Waals surface area contributed by atoms with Gasteiger partial charge in [0, 0.05) is 25.1 Å². The van der Waals surface area contributed by atoms with Gasteiger partial charge in [-0.3, -0.25) is 0 Å². The van der Waals surface area contributed by atoms with E-state index in [2.05, 4.69) is 16.8 Å². The molecule has 4 nitrogen and oxygen atoms in total. The van der Waals surface area contributed by atoms with Gasteiger partial charge in [-0.15, -0.1) is 4.99 Å². The quantitative estimate of drug-likeness (QED) is 0.399. The van der Waals surface area contributed by atoms with Crippen molar-refractivity contribution >= 4 is 16.9 Å². The summed E-state index contributed by atoms with van der Waals surface area (Å²) in [6, 6.07) is 0.277. The Bertz CT molecular complexity index is 261. The Balaban J connectivity index is 2.71. The van der Waals surface area contributed by atoms with Gasteiger partial charge in [0.1, 0.15) is 0 Å². The topological polar surface area (TPSA) is 59.6 Å². The molecule has 5 heteroatoms. The van der Waals surface area contributed by atoms with Crippen molar-refractivity contribution in [2.45, 2.75) is 19.4 Å². The predicted octanol–water partition coefficient (Wildman–Crippen LogP) is 0.889. The Morgan fingerprint density at radius 3 is 2.93 bits per heavy atom. The standard InChI is InChI=1S/C9H15N3OS/c1-7-8(5-13)3-4-12(7)9(14-2)11-6-10/h7-8,13H,3-5H2,1-2H3. The van der Waals surface area contributed by atoms with Crippen LogP contribution in [0.1, 0.15) is 13.3 Å². The highest BCUT2D eigenvalue weighted by atomic mass is 32.2. The highest BCUT2D eigenvalue weighted by Gasteiger charge is 2.31. The second kappa shape index (κ2) is 5.23. The van der Waals surface area contributed by atoms with Gasteiger partial charge in [-0.25, -0.2) is 0 Å². The molecule has 1 aliphatic rings. The van der Waals surface area contributed by atoms with Crippen LogP contribution in [0, 0.1) is 17.4 Å². The van der Waals surface area contributed by atoms with Gasteiger partial charge < -0.3 is 10.0 Å². The van der Waals surface area contributed by atoms with E-state index in [1.165, 1.54) is 11.8 Å². The van der Waals surface area contributed by atoms with E-state index in [1.54, 1.807) is 0 Å². The highest BCUT2D eigenvalue weighted by Crippen LogP contribution is 2.26. The minimum atomic E-state index is 0.214. The van der Waals surface area contributed by atoms with Crippen LogP contribution in [0.15, 0.2) is 4.99 Å². The number of nitriles is 1. The normalized spacial score (nSPS) is 27.9. The number of nitrogens with zero attached hydrogens (tertiary/aromatic N) is 3. The first-order valence-corrected chi connectivity index (χ1v) is 5.85. The number of hydrogen-bond donors (Lipinski definition) is 1. The summed E-state index contributed by atoms with van der Waals surface area (Å²) in [5.41, 5.74) is 0. The molecule has 0 bridgehead atoms. The molecule has 0 aliphatic carbocycles. The zero-order chi connectivity index (χ0) is 10.6. The fourth-order valence-corrected chi connectivity index (χ4v) is 2.41. The number of hydrogen-bond acceptors (Lipinski definition) is 4. The third kappa shape index (κ3) is 2.20. The average Bonchev–Trinajstić information content (AvgIpc) is 2.56. The van der Waals surface area contributed by atoms with Crippen molar-refractivity contribution in [3.05, 3.63) is 0 Å². The Morgan fingerprint density at radius 1 is 1.79 bits per heavy atom. The average molecular weight is 213 g/mol. The maximum absolute atomic E-state index is 9.10. The monoisotopic (exact) mass is 213 g/mol. The van der Waals surface area contributed by atoms with E-state index in [0.717, 1.165) is 18.1 Å². The maximum atomic E-state index is 9.10. The first-order valence-electron chi connectivity index (χ1n) is 4.62. The molecule has 1 N–H and O–H groups in total. The zero-order valence-corrected chi connectivity index (χ0v) is 9.29. The molecule has 0 spiro atoms. The van der Waals surface area contributed by atoms with Crippen molar-refractivity contribution in [1.82, 2.24) is 4.90 Å². The molecule has 1 rings (SSSR count). The number of likely N-dealkylation sites (tertiary alicyclic amines) is 1. The van der Waals surface area contributed by atoms with Gasteiger partial charge in [0.05, 0.1) is 0 Å². The smallest absolute Gasteiger partial charge is 0.208 e. The SMILES string of the molecule is CSC(=NC#N)N1CCC(CO)C1C. The van der Waals surface area contributed by atoms with Crippen molar-refractivity contribution in [3.63, 3.8) is 0 Å². The van der Waals surface area contributed by atoms with Crippen molar-refractivity contribution in [3.8, 4) is 6.19 Å². The number of thioether (sulfide) groups is 1. The maximum Gasteiger partial charge on any atom is 0.208 e. The van der Waals surface area contributed by atoms with E-state index < -0.39 is 0 Å². The number of aliphatic hydroxyl groups is 1. The van der Waals surface area contributed by atoms with Gasteiger partial charge in [-0.2, -0.15) is 5.26 Å². The first-order chi connectivity index (χ1) is 6.74. The van der Waals surface area contributed by atoms with Crippen LogP contribution in [0.25, 0.3) is 0 Å². The van der Waals surface area contributed by atoms with Crippen LogP contribution in [0.5, 0.6) is 0 Å². The molecule has 14 heavy (non-hydrogen) atoms. The Morgan fingerprint density at radius 2 is 2.50 bits per heavy atom. The molecular formula is C9H15N3OS. The summed E-state index contributed by atoms with van der Waals surface area (Å²) in [5, 5.41) is 18.4. The third-order valence-electron chi connectivity index (χ3n) is 2.72. The third-order valence-corrected chi connectivity index (χ3v) is 3.41. The van der Waals surface area contributed by atoms with Crippen molar-refractivity contribution in [2.24, 2.45) is 10.9 Å². The minimum Gasteiger partial charge on any atom is -0.396 e. The molecule has 0 aromatic rings. The van der Waals surface area contributed by atoms with Crippen LogP contribution in [-0.2, 0) is 0 Å². The number of amidine groups is 1. The van der Waals surface area contributed by atoms with Crippen molar-refractivity contribution in [2.75, 3.05) is 19.4 Å². The summed E-state index contributed by atoms with van der Waals surface area (Å²) >= 11 is 1.48. The molecular weight excluding hydrogens is 198 g/mol. The molecule has 1 heterocycles. The van der Waals surface area contributed by atoms with Gasteiger partial charge in [0.2, 0.25) is 6.19 Å². The van der Waals surface area contributed by atoms with Gasteiger partial charge in [0.25, 0.3) is 0 Å². The van der Waals surface area contributed by atoms with Crippen molar-refractivity contribution in [1.29, 1.82) is 5.26 Å². The summed E-state index contributed by atoms with van der Waals surface area (Å²) < 4.78 is 0. The van der Waals surface area contributed by atoms with Gasteiger partial charge >= 0.3 is 0 Å². The van der Waals surface area contributed by atoms with E-state index in [-0.39, 0.29) is 12.6 Å². The van der Waals surface area contributed by atoms with Crippen LogP contribution in [-0.4, -0.2) is 40.6 Å². The fraction of sp³-hybridized carbons (Fsp3) is 0.778.